The first kappa shape index (κ1) is 22.1. The topological polar surface area (TPSA) is 100.0 Å². The summed E-state index contributed by atoms with van der Waals surface area (Å²) in [7, 11) is 0. The van der Waals surface area contributed by atoms with Gasteiger partial charge in [-0.25, -0.2) is 9.59 Å². The third-order valence-corrected chi connectivity index (χ3v) is 5.04. The normalized spacial score (nSPS) is 12.9. The molecule has 4 rings (SSSR count). The number of hydrogen-bond acceptors (Lipinski definition) is 5. The van der Waals surface area contributed by atoms with E-state index in [-0.39, 0.29) is 0 Å². The van der Waals surface area contributed by atoms with Crippen LogP contribution in [0.5, 0.6) is 5.75 Å². The first-order valence-corrected chi connectivity index (χ1v) is 10.1. The van der Waals surface area contributed by atoms with Crippen molar-refractivity contribution >= 4 is 28.5 Å². The summed E-state index contributed by atoms with van der Waals surface area (Å²) < 4.78 is 5.92. The second kappa shape index (κ2) is 9.93. The molecule has 3 aromatic rings. The third-order valence-electron chi connectivity index (χ3n) is 5.04. The van der Waals surface area contributed by atoms with Gasteiger partial charge in [0.05, 0.1) is 5.52 Å². The van der Waals surface area contributed by atoms with E-state index in [0.29, 0.717) is 6.61 Å². The quantitative estimate of drug-likeness (QED) is 0.608. The molecule has 0 unspecified atom stereocenters. The Balaban J connectivity index is 0.000000401. The van der Waals surface area contributed by atoms with Crippen molar-refractivity contribution in [3.8, 4) is 5.75 Å². The second-order valence-corrected chi connectivity index (χ2v) is 7.54. The number of aryl methyl sites for hydroxylation is 2. The van der Waals surface area contributed by atoms with Gasteiger partial charge in [0.15, 0.2) is 0 Å². The molecule has 0 radical (unpaired) electrons. The lowest BCUT2D eigenvalue weighted by atomic mass is 10.1. The molecule has 1 aliphatic rings. The van der Waals surface area contributed by atoms with Crippen molar-refractivity contribution in [1.29, 1.82) is 0 Å². The summed E-state index contributed by atoms with van der Waals surface area (Å²) in [5, 5.41) is 16.0. The summed E-state index contributed by atoms with van der Waals surface area (Å²) in [6.07, 6.45) is 2.57. The van der Waals surface area contributed by atoms with Crippen LogP contribution in [0.1, 0.15) is 29.7 Å². The summed E-state index contributed by atoms with van der Waals surface area (Å²) in [4.78, 5) is 25.4. The lowest BCUT2D eigenvalue weighted by molar-refractivity contribution is -0.159. The Labute approximate surface area is 180 Å². The number of carboxylic acids is 2. The van der Waals surface area contributed by atoms with Crippen molar-refractivity contribution in [3.05, 3.63) is 65.4 Å². The first-order valence-electron chi connectivity index (χ1n) is 10.1. The highest BCUT2D eigenvalue weighted by molar-refractivity contribution is 6.27. The molecule has 2 N–H and O–H groups in total. The number of aliphatic carboxylic acids is 2. The zero-order valence-electron chi connectivity index (χ0n) is 17.7. The monoisotopic (exact) mass is 422 g/mol. The Morgan fingerprint density at radius 2 is 1.61 bits per heavy atom. The van der Waals surface area contributed by atoms with E-state index in [1.807, 2.05) is 12.1 Å². The SMILES string of the molecule is Cc1ccc(OCc2ccc3c(N4CCCC4)cc(C)nc3c2)cc1.O=C(O)C(=O)O. The van der Waals surface area contributed by atoms with Crippen LogP contribution in [0.25, 0.3) is 10.9 Å². The largest absolute Gasteiger partial charge is 0.489 e. The van der Waals surface area contributed by atoms with E-state index in [1.54, 1.807) is 0 Å². The van der Waals surface area contributed by atoms with Gasteiger partial charge in [-0.15, -0.1) is 0 Å². The van der Waals surface area contributed by atoms with Gasteiger partial charge in [-0.2, -0.15) is 0 Å². The van der Waals surface area contributed by atoms with Crippen LogP contribution in [0, 0.1) is 13.8 Å². The Kier molecular flexibility index (Phi) is 7.07. The van der Waals surface area contributed by atoms with Gasteiger partial charge in [-0.1, -0.05) is 29.8 Å². The number of nitrogens with zero attached hydrogens (tertiary/aromatic N) is 2. The maximum absolute atomic E-state index is 9.10. The third kappa shape index (κ3) is 5.94. The minimum Gasteiger partial charge on any atom is -0.489 e. The Hall–Kier alpha value is -3.61. The van der Waals surface area contributed by atoms with Crippen LogP contribution in [0.15, 0.2) is 48.5 Å². The summed E-state index contributed by atoms with van der Waals surface area (Å²) in [5.41, 5.74) is 5.86. The number of rotatable bonds is 4. The number of anilines is 1. The van der Waals surface area contributed by atoms with Crippen LogP contribution in [-0.4, -0.2) is 40.2 Å². The summed E-state index contributed by atoms with van der Waals surface area (Å²) in [5.74, 6) is -2.74. The number of fused-ring (bicyclic) bond motifs is 1. The fourth-order valence-corrected chi connectivity index (χ4v) is 3.49. The minimum atomic E-state index is -1.82. The number of hydrogen-bond donors (Lipinski definition) is 2. The fraction of sp³-hybridized carbons (Fsp3) is 0.292. The standard InChI is InChI=1S/C22H24N2O.C2H2O4/c1-16-5-8-19(9-6-16)25-15-18-7-10-20-21(14-18)23-17(2)13-22(20)24-11-3-4-12-24;3-1(4)2(5)6/h5-10,13-14H,3-4,11-12,15H2,1-2H3;(H,3,4)(H,5,6). The lowest BCUT2D eigenvalue weighted by Gasteiger charge is -2.20. The van der Waals surface area contributed by atoms with Gasteiger partial charge in [0.1, 0.15) is 12.4 Å². The molecule has 0 aliphatic carbocycles. The maximum Gasteiger partial charge on any atom is 0.414 e. The molecule has 0 spiro atoms. The summed E-state index contributed by atoms with van der Waals surface area (Å²) >= 11 is 0. The zero-order valence-corrected chi connectivity index (χ0v) is 17.7. The predicted molar refractivity (Wildman–Crippen MR) is 119 cm³/mol. The van der Waals surface area contributed by atoms with E-state index in [0.717, 1.165) is 35.6 Å². The second-order valence-electron chi connectivity index (χ2n) is 7.54. The molecular formula is C24H26N2O5. The van der Waals surface area contributed by atoms with Gasteiger partial charge >= 0.3 is 11.9 Å². The molecule has 0 saturated carbocycles. The van der Waals surface area contributed by atoms with Crippen LogP contribution in [-0.2, 0) is 16.2 Å². The zero-order chi connectivity index (χ0) is 22.4. The smallest absolute Gasteiger partial charge is 0.414 e. The summed E-state index contributed by atoms with van der Waals surface area (Å²) in [6, 6.07) is 16.9. The number of carbonyl (C=O) groups is 2. The Morgan fingerprint density at radius 1 is 0.968 bits per heavy atom. The molecule has 2 heterocycles. The van der Waals surface area contributed by atoms with E-state index in [4.69, 9.17) is 29.5 Å². The van der Waals surface area contributed by atoms with Gasteiger partial charge in [0.25, 0.3) is 0 Å². The van der Waals surface area contributed by atoms with Crippen molar-refractivity contribution in [1.82, 2.24) is 4.98 Å². The van der Waals surface area contributed by atoms with Gasteiger partial charge < -0.3 is 19.8 Å². The van der Waals surface area contributed by atoms with E-state index < -0.39 is 11.9 Å². The molecule has 2 aromatic carbocycles. The van der Waals surface area contributed by atoms with Crippen molar-refractivity contribution in [2.75, 3.05) is 18.0 Å². The fourth-order valence-electron chi connectivity index (χ4n) is 3.49. The number of carboxylic acid groups (broad SMARTS) is 2. The van der Waals surface area contributed by atoms with Crippen LogP contribution in [0.3, 0.4) is 0 Å². The maximum atomic E-state index is 9.10. The predicted octanol–water partition coefficient (Wildman–Crippen LogP) is 4.19. The highest BCUT2D eigenvalue weighted by Crippen LogP contribution is 2.30. The number of pyridine rings is 1. The van der Waals surface area contributed by atoms with Crippen LogP contribution in [0.2, 0.25) is 0 Å². The molecule has 7 heteroatoms. The van der Waals surface area contributed by atoms with Crippen molar-refractivity contribution in [2.24, 2.45) is 0 Å². The van der Waals surface area contributed by atoms with Crippen molar-refractivity contribution in [3.63, 3.8) is 0 Å². The molecule has 0 bridgehead atoms. The molecular weight excluding hydrogens is 396 g/mol. The molecule has 1 aliphatic heterocycles. The number of benzene rings is 2. The van der Waals surface area contributed by atoms with E-state index in [9.17, 15) is 0 Å². The Morgan fingerprint density at radius 3 is 2.23 bits per heavy atom. The van der Waals surface area contributed by atoms with Gasteiger partial charge in [-0.05, 0) is 56.5 Å². The molecule has 162 valence electrons. The highest BCUT2D eigenvalue weighted by atomic mass is 16.5. The van der Waals surface area contributed by atoms with E-state index in [2.05, 4.69) is 55.1 Å². The van der Waals surface area contributed by atoms with E-state index in [1.165, 1.54) is 29.5 Å². The van der Waals surface area contributed by atoms with Crippen LogP contribution in [0.4, 0.5) is 5.69 Å². The average molecular weight is 422 g/mol. The van der Waals surface area contributed by atoms with Crippen molar-refractivity contribution < 1.29 is 24.5 Å². The Bertz CT molecular complexity index is 1060. The number of aromatic nitrogens is 1. The molecule has 7 nitrogen and oxygen atoms in total. The van der Waals surface area contributed by atoms with Gasteiger partial charge in [0, 0.05) is 29.9 Å². The van der Waals surface area contributed by atoms with Crippen LogP contribution >= 0.6 is 0 Å². The average Bonchev–Trinajstić information content (AvgIpc) is 3.27. The number of ether oxygens (including phenoxy) is 1. The molecule has 1 saturated heterocycles. The molecule has 1 aromatic heterocycles. The molecule has 0 amide bonds. The van der Waals surface area contributed by atoms with E-state index >= 15 is 0 Å². The molecule has 31 heavy (non-hydrogen) atoms. The highest BCUT2D eigenvalue weighted by Gasteiger charge is 2.16. The first-order chi connectivity index (χ1) is 14.8. The summed E-state index contributed by atoms with van der Waals surface area (Å²) in [6.45, 7) is 7.02. The minimum absolute atomic E-state index is 0.563. The van der Waals surface area contributed by atoms with Gasteiger partial charge in [-0.3, -0.25) is 4.98 Å². The molecule has 0 atom stereocenters. The van der Waals surface area contributed by atoms with Crippen LogP contribution < -0.4 is 9.64 Å². The van der Waals surface area contributed by atoms with Crippen molar-refractivity contribution in [2.45, 2.75) is 33.3 Å². The van der Waals surface area contributed by atoms with Gasteiger partial charge in [0.2, 0.25) is 0 Å². The molecule has 1 fully saturated rings. The lowest BCUT2D eigenvalue weighted by Crippen LogP contribution is -2.18.